The molecule has 0 aromatic carbocycles. The average molecular weight is 373 g/mol. The first-order valence-electron chi connectivity index (χ1n) is 10.6. The zero-order valence-corrected chi connectivity index (χ0v) is 17.0. The second-order valence-corrected chi connectivity index (χ2v) is 9.98. The lowest BCUT2D eigenvalue weighted by molar-refractivity contribution is -0.167. The van der Waals surface area contributed by atoms with Crippen molar-refractivity contribution in [2.24, 2.45) is 34.5 Å². The van der Waals surface area contributed by atoms with Gasteiger partial charge in [-0.3, -0.25) is 14.4 Å². The largest absolute Gasteiger partial charge is 0.462 e. The summed E-state index contributed by atoms with van der Waals surface area (Å²) >= 11 is 0. The predicted molar refractivity (Wildman–Crippen MR) is 102 cm³/mol. The topological polar surface area (TPSA) is 60.4 Å². The van der Waals surface area contributed by atoms with Gasteiger partial charge in [0.15, 0.2) is 5.78 Å². The highest BCUT2D eigenvalue weighted by atomic mass is 16.5. The van der Waals surface area contributed by atoms with Crippen LogP contribution in [0.15, 0.2) is 11.6 Å². The fourth-order valence-electron chi connectivity index (χ4n) is 7.50. The third-order valence-electron chi connectivity index (χ3n) is 8.77. The quantitative estimate of drug-likeness (QED) is 0.679. The summed E-state index contributed by atoms with van der Waals surface area (Å²) in [5.41, 5.74) is 1.24. The molecule has 4 aliphatic carbocycles. The summed E-state index contributed by atoms with van der Waals surface area (Å²) < 4.78 is 5.86. The minimum atomic E-state index is -0.238. The van der Waals surface area contributed by atoms with Crippen LogP contribution in [0.3, 0.4) is 0 Å². The minimum Gasteiger partial charge on any atom is -0.462 e. The number of hydrogen-bond donors (Lipinski definition) is 0. The molecule has 0 aliphatic heterocycles. The highest BCUT2D eigenvalue weighted by Crippen LogP contribution is 2.67. The predicted octanol–water partition coefficient (Wildman–Crippen LogP) is 4.27. The van der Waals surface area contributed by atoms with E-state index in [0.717, 1.165) is 32.1 Å². The number of fused-ring (bicyclic) bond motifs is 5. The molecule has 4 heteroatoms. The van der Waals surface area contributed by atoms with Crippen LogP contribution in [0.4, 0.5) is 0 Å². The van der Waals surface area contributed by atoms with Crippen molar-refractivity contribution < 1.29 is 19.1 Å². The monoisotopic (exact) mass is 372 g/mol. The molecule has 27 heavy (non-hydrogen) atoms. The van der Waals surface area contributed by atoms with E-state index >= 15 is 0 Å². The van der Waals surface area contributed by atoms with Gasteiger partial charge in [-0.1, -0.05) is 19.4 Å². The maximum atomic E-state index is 12.3. The lowest BCUT2D eigenvalue weighted by Crippen LogP contribution is -2.56. The number of ether oxygens (including phenoxy) is 1. The molecule has 0 saturated heterocycles. The standard InChI is InChI=1S/C23H32O4/c1-13(24)17-5-6-18-21-19(8-10-23(17,18)4)22(3)9-7-16(26)11-15(22)12-20(21)27-14(2)25/h11,17-21H,5-10,12H2,1-4H3/t17-,18+,19+,20?,21+,22+,23-/m1/s1. The number of esters is 1. The normalized spacial score (nSPS) is 46.0. The van der Waals surface area contributed by atoms with Crippen LogP contribution in [0.25, 0.3) is 0 Å². The molecule has 3 fully saturated rings. The van der Waals surface area contributed by atoms with Gasteiger partial charge in [0.2, 0.25) is 0 Å². The summed E-state index contributed by atoms with van der Waals surface area (Å²) in [5.74, 6) is 1.57. The van der Waals surface area contributed by atoms with Crippen LogP contribution in [-0.4, -0.2) is 23.6 Å². The Morgan fingerprint density at radius 1 is 1.07 bits per heavy atom. The van der Waals surface area contributed by atoms with E-state index in [4.69, 9.17) is 4.74 Å². The molecular weight excluding hydrogens is 340 g/mol. The molecule has 4 nitrogen and oxygen atoms in total. The summed E-state index contributed by atoms with van der Waals surface area (Å²) in [7, 11) is 0. The number of rotatable bonds is 2. The number of hydrogen-bond acceptors (Lipinski definition) is 4. The Balaban J connectivity index is 1.76. The van der Waals surface area contributed by atoms with E-state index in [-0.39, 0.29) is 34.6 Å². The highest BCUT2D eigenvalue weighted by molar-refractivity contribution is 5.91. The molecule has 3 saturated carbocycles. The summed E-state index contributed by atoms with van der Waals surface area (Å²) in [6, 6.07) is 0. The second kappa shape index (κ2) is 6.28. The van der Waals surface area contributed by atoms with E-state index < -0.39 is 0 Å². The van der Waals surface area contributed by atoms with Gasteiger partial charge >= 0.3 is 5.97 Å². The van der Waals surface area contributed by atoms with Crippen molar-refractivity contribution in [3.8, 4) is 0 Å². The van der Waals surface area contributed by atoms with Gasteiger partial charge in [-0.2, -0.15) is 0 Å². The third kappa shape index (κ3) is 2.74. The molecule has 1 unspecified atom stereocenters. The molecule has 0 radical (unpaired) electrons. The molecule has 7 atom stereocenters. The first kappa shape index (κ1) is 18.9. The van der Waals surface area contributed by atoms with Crippen LogP contribution < -0.4 is 0 Å². The molecule has 4 rings (SSSR count). The van der Waals surface area contributed by atoms with Crippen molar-refractivity contribution in [3.63, 3.8) is 0 Å². The van der Waals surface area contributed by atoms with E-state index in [9.17, 15) is 14.4 Å². The maximum Gasteiger partial charge on any atom is 0.302 e. The molecule has 0 N–H and O–H groups in total. The van der Waals surface area contributed by atoms with Crippen LogP contribution in [0.1, 0.15) is 72.6 Å². The lowest BCUT2D eigenvalue weighted by Gasteiger charge is -2.59. The van der Waals surface area contributed by atoms with Gasteiger partial charge in [0.05, 0.1) is 0 Å². The Kier molecular flexibility index (Phi) is 4.40. The minimum absolute atomic E-state index is 0.0213. The van der Waals surface area contributed by atoms with E-state index in [2.05, 4.69) is 13.8 Å². The fourth-order valence-corrected chi connectivity index (χ4v) is 7.50. The average Bonchev–Trinajstić information content (AvgIpc) is 2.93. The summed E-state index contributed by atoms with van der Waals surface area (Å²) in [6.07, 6.45) is 8.03. The smallest absolute Gasteiger partial charge is 0.302 e. The van der Waals surface area contributed by atoms with Crippen molar-refractivity contribution >= 4 is 17.5 Å². The molecule has 0 bridgehead atoms. The number of Topliss-reactive ketones (excluding diaryl/α,β-unsaturated/α-hetero) is 1. The first-order chi connectivity index (χ1) is 12.7. The molecule has 0 aromatic heterocycles. The Bertz CT molecular complexity index is 722. The number of carbonyl (C=O) groups excluding carboxylic acids is 3. The zero-order valence-electron chi connectivity index (χ0n) is 17.0. The Morgan fingerprint density at radius 3 is 2.48 bits per heavy atom. The SMILES string of the molecule is CC(=O)OC1CC2=CC(=O)CC[C@]2(C)[C@H]2CC[C@]3(C)[C@@H](C(C)=O)CC[C@H]3[C@H]12. The Morgan fingerprint density at radius 2 is 1.81 bits per heavy atom. The van der Waals surface area contributed by atoms with Crippen LogP contribution >= 0.6 is 0 Å². The summed E-state index contributed by atoms with van der Waals surface area (Å²) in [4.78, 5) is 36.3. The van der Waals surface area contributed by atoms with Crippen LogP contribution in [0, 0.1) is 34.5 Å². The molecule has 0 spiro atoms. The molecule has 0 aromatic rings. The van der Waals surface area contributed by atoms with Gasteiger partial charge in [-0.25, -0.2) is 0 Å². The third-order valence-corrected chi connectivity index (χ3v) is 8.77. The van der Waals surface area contributed by atoms with E-state index in [1.807, 2.05) is 6.08 Å². The molecular formula is C23H32O4. The van der Waals surface area contributed by atoms with Gasteiger partial charge in [-0.15, -0.1) is 0 Å². The van der Waals surface area contributed by atoms with Crippen molar-refractivity contribution in [1.29, 1.82) is 0 Å². The van der Waals surface area contributed by atoms with Crippen molar-refractivity contribution in [2.45, 2.75) is 78.7 Å². The fraction of sp³-hybridized carbons (Fsp3) is 0.783. The molecule has 4 aliphatic rings. The van der Waals surface area contributed by atoms with Crippen molar-refractivity contribution in [2.75, 3.05) is 0 Å². The lowest BCUT2D eigenvalue weighted by atomic mass is 9.46. The van der Waals surface area contributed by atoms with Crippen molar-refractivity contribution in [3.05, 3.63) is 11.6 Å². The number of ketones is 2. The summed E-state index contributed by atoms with van der Waals surface area (Å²) in [5, 5.41) is 0. The maximum absolute atomic E-state index is 12.3. The Labute approximate surface area is 162 Å². The summed E-state index contributed by atoms with van der Waals surface area (Å²) in [6.45, 7) is 7.85. The van der Waals surface area contributed by atoms with Gasteiger partial charge < -0.3 is 4.74 Å². The van der Waals surface area contributed by atoms with Crippen LogP contribution in [0.5, 0.6) is 0 Å². The van der Waals surface area contributed by atoms with Crippen molar-refractivity contribution in [1.82, 2.24) is 0 Å². The molecule has 0 heterocycles. The van der Waals surface area contributed by atoms with Gasteiger partial charge in [0, 0.05) is 31.6 Å². The molecule has 0 amide bonds. The highest BCUT2D eigenvalue weighted by Gasteiger charge is 2.62. The second-order valence-electron chi connectivity index (χ2n) is 9.98. The van der Waals surface area contributed by atoms with E-state index in [0.29, 0.717) is 36.4 Å². The van der Waals surface area contributed by atoms with E-state index in [1.165, 1.54) is 12.5 Å². The van der Waals surface area contributed by atoms with Gasteiger partial charge in [0.1, 0.15) is 11.9 Å². The zero-order chi connectivity index (χ0) is 19.6. The van der Waals surface area contributed by atoms with Crippen LogP contribution in [-0.2, 0) is 19.1 Å². The van der Waals surface area contributed by atoms with Gasteiger partial charge in [0.25, 0.3) is 0 Å². The number of carbonyl (C=O) groups is 3. The van der Waals surface area contributed by atoms with E-state index in [1.54, 1.807) is 6.92 Å². The molecule has 148 valence electrons. The Hall–Kier alpha value is -1.45. The van der Waals surface area contributed by atoms with Crippen LogP contribution in [0.2, 0.25) is 0 Å². The first-order valence-corrected chi connectivity index (χ1v) is 10.6. The van der Waals surface area contributed by atoms with Gasteiger partial charge in [-0.05, 0) is 67.8 Å².